The Hall–Kier alpha value is -2.32. The van der Waals surface area contributed by atoms with Crippen molar-refractivity contribution >= 4 is 12.1 Å². The second-order valence-corrected chi connectivity index (χ2v) is 5.38. The molecule has 0 spiro atoms. The molecule has 0 aliphatic rings. The number of carbonyl (C=O) groups is 2. The zero-order valence-corrected chi connectivity index (χ0v) is 12.1. The molecule has 0 fully saturated rings. The van der Waals surface area contributed by atoms with Crippen LogP contribution in [0.5, 0.6) is 0 Å². The van der Waals surface area contributed by atoms with Crippen LogP contribution in [0.4, 0.5) is 18.0 Å². The highest BCUT2D eigenvalue weighted by molar-refractivity contribution is 5.81. The van der Waals surface area contributed by atoms with Gasteiger partial charge in [0, 0.05) is 6.20 Å². The SMILES string of the molecule is CC(C)(C)OC(=O)NC(C(=O)O)c1cc(C(F)(F)F)ccn1. The first-order chi connectivity index (χ1) is 9.90. The zero-order chi connectivity index (χ0) is 17.1. The molecule has 6 nitrogen and oxygen atoms in total. The summed E-state index contributed by atoms with van der Waals surface area (Å²) in [6, 6.07) is -0.483. The monoisotopic (exact) mass is 320 g/mol. The Labute approximate surface area is 124 Å². The van der Waals surface area contributed by atoms with Crippen molar-refractivity contribution in [3.63, 3.8) is 0 Å². The van der Waals surface area contributed by atoms with Crippen LogP contribution in [-0.4, -0.2) is 27.8 Å². The average Bonchev–Trinajstić information content (AvgIpc) is 2.32. The van der Waals surface area contributed by atoms with Crippen molar-refractivity contribution in [2.45, 2.75) is 38.6 Å². The first-order valence-electron chi connectivity index (χ1n) is 6.15. The third-order valence-corrected chi connectivity index (χ3v) is 2.31. The van der Waals surface area contributed by atoms with Crippen LogP contribution < -0.4 is 5.32 Å². The van der Waals surface area contributed by atoms with E-state index in [1.165, 1.54) is 0 Å². The largest absolute Gasteiger partial charge is 0.479 e. The number of carboxylic acid groups (broad SMARTS) is 1. The molecule has 2 N–H and O–H groups in total. The number of hydrogen-bond donors (Lipinski definition) is 2. The number of carbonyl (C=O) groups excluding carboxylic acids is 1. The highest BCUT2D eigenvalue weighted by atomic mass is 19.4. The third-order valence-electron chi connectivity index (χ3n) is 2.31. The van der Waals surface area contributed by atoms with Crippen LogP contribution in [0.3, 0.4) is 0 Å². The summed E-state index contributed by atoms with van der Waals surface area (Å²) in [6.45, 7) is 4.68. The van der Waals surface area contributed by atoms with Crippen molar-refractivity contribution < 1.29 is 32.6 Å². The number of nitrogens with one attached hydrogen (secondary N) is 1. The van der Waals surface area contributed by atoms with Crippen molar-refractivity contribution in [2.24, 2.45) is 0 Å². The fraction of sp³-hybridized carbons (Fsp3) is 0.462. The zero-order valence-electron chi connectivity index (χ0n) is 12.1. The minimum absolute atomic E-state index is 0.451. The van der Waals surface area contributed by atoms with Gasteiger partial charge in [0.1, 0.15) is 5.60 Å². The lowest BCUT2D eigenvalue weighted by atomic mass is 10.1. The summed E-state index contributed by atoms with van der Waals surface area (Å²) < 4.78 is 42.8. The van der Waals surface area contributed by atoms with Gasteiger partial charge < -0.3 is 15.2 Å². The van der Waals surface area contributed by atoms with Crippen LogP contribution in [0.15, 0.2) is 18.3 Å². The molecule has 1 aromatic heterocycles. The van der Waals surface area contributed by atoms with Crippen LogP contribution in [0.1, 0.15) is 38.1 Å². The van der Waals surface area contributed by atoms with Gasteiger partial charge >= 0.3 is 18.2 Å². The van der Waals surface area contributed by atoms with Crippen molar-refractivity contribution in [1.82, 2.24) is 10.3 Å². The van der Waals surface area contributed by atoms with E-state index in [4.69, 9.17) is 9.84 Å². The Balaban J connectivity index is 3.02. The van der Waals surface area contributed by atoms with Gasteiger partial charge in [-0.3, -0.25) is 4.98 Å². The summed E-state index contributed by atoms with van der Waals surface area (Å²) in [7, 11) is 0. The minimum Gasteiger partial charge on any atom is -0.479 e. The van der Waals surface area contributed by atoms with Crippen molar-refractivity contribution in [2.75, 3.05) is 0 Å². The van der Waals surface area contributed by atoms with Crippen LogP contribution in [-0.2, 0) is 15.7 Å². The number of halogens is 3. The van der Waals surface area contributed by atoms with Gasteiger partial charge in [-0.2, -0.15) is 13.2 Å². The summed E-state index contributed by atoms with van der Waals surface area (Å²) >= 11 is 0. The van der Waals surface area contributed by atoms with E-state index in [1.807, 2.05) is 5.32 Å². The molecule has 0 saturated heterocycles. The molecular weight excluding hydrogens is 305 g/mol. The maximum atomic E-state index is 12.6. The number of aromatic nitrogens is 1. The molecule has 0 aliphatic carbocycles. The van der Waals surface area contributed by atoms with Crippen molar-refractivity contribution in [1.29, 1.82) is 0 Å². The van der Waals surface area contributed by atoms with E-state index in [-0.39, 0.29) is 0 Å². The van der Waals surface area contributed by atoms with E-state index in [1.54, 1.807) is 20.8 Å². The standard InChI is InChI=1S/C13H15F3N2O4/c1-12(2,3)22-11(21)18-9(10(19)20)8-6-7(4-5-17-8)13(14,15)16/h4-6,9H,1-3H3,(H,18,21)(H,19,20). The predicted octanol–water partition coefficient (Wildman–Crippen LogP) is 2.75. The molecule has 0 radical (unpaired) electrons. The van der Waals surface area contributed by atoms with Crippen LogP contribution in [0.2, 0.25) is 0 Å². The van der Waals surface area contributed by atoms with E-state index in [0.717, 1.165) is 6.20 Å². The summed E-state index contributed by atoms with van der Waals surface area (Å²) in [4.78, 5) is 26.3. The smallest absolute Gasteiger partial charge is 0.416 e. The molecule has 1 amide bonds. The summed E-state index contributed by atoms with van der Waals surface area (Å²) in [5, 5.41) is 11.1. The van der Waals surface area contributed by atoms with E-state index < -0.39 is 41.1 Å². The first-order valence-corrected chi connectivity index (χ1v) is 6.15. The number of carboxylic acids is 1. The number of hydrogen-bond acceptors (Lipinski definition) is 4. The van der Waals surface area contributed by atoms with Crippen molar-refractivity contribution in [3.8, 4) is 0 Å². The topological polar surface area (TPSA) is 88.5 Å². The van der Waals surface area contributed by atoms with Gasteiger partial charge in [-0.15, -0.1) is 0 Å². The number of rotatable bonds is 3. The van der Waals surface area contributed by atoms with Gasteiger partial charge in [0.15, 0.2) is 6.04 Å². The Morgan fingerprint density at radius 1 is 1.32 bits per heavy atom. The number of aliphatic carboxylic acids is 1. The first kappa shape index (κ1) is 17.7. The lowest BCUT2D eigenvalue weighted by Gasteiger charge is -2.22. The van der Waals surface area contributed by atoms with Gasteiger partial charge in [0.25, 0.3) is 0 Å². The molecule has 1 atom stereocenters. The number of amides is 1. The van der Waals surface area contributed by atoms with Gasteiger partial charge in [0.2, 0.25) is 0 Å². The molecule has 122 valence electrons. The Bertz CT molecular complexity index is 567. The number of alkyl carbamates (subject to hydrolysis) is 1. The highest BCUT2D eigenvalue weighted by Gasteiger charge is 2.33. The normalized spacial score (nSPS) is 13.4. The summed E-state index contributed by atoms with van der Waals surface area (Å²) in [6.07, 6.45) is -4.89. The third kappa shape index (κ3) is 5.23. The number of pyridine rings is 1. The number of nitrogens with zero attached hydrogens (tertiary/aromatic N) is 1. The van der Waals surface area contributed by atoms with Crippen LogP contribution in [0.25, 0.3) is 0 Å². The molecule has 9 heteroatoms. The molecule has 0 aliphatic heterocycles. The molecule has 1 heterocycles. The second-order valence-electron chi connectivity index (χ2n) is 5.38. The van der Waals surface area contributed by atoms with Gasteiger partial charge in [-0.05, 0) is 32.9 Å². The lowest BCUT2D eigenvalue weighted by molar-refractivity contribution is -0.141. The maximum Gasteiger partial charge on any atom is 0.416 e. The minimum atomic E-state index is -4.65. The quantitative estimate of drug-likeness (QED) is 0.894. The van der Waals surface area contributed by atoms with E-state index in [2.05, 4.69) is 4.98 Å². The lowest BCUT2D eigenvalue weighted by Crippen LogP contribution is -2.38. The summed E-state index contributed by atoms with van der Waals surface area (Å²) in [5.74, 6) is -1.56. The number of ether oxygens (including phenoxy) is 1. The average molecular weight is 320 g/mol. The molecule has 0 bridgehead atoms. The molecule has 22 heavy (non-hydrogen) atoms. The Kier molecular flexibility index (Phi) is 5.00. The number of alkyl halides is 3. The van der Waals surface area contributed by atoms with E-state index >= 15 is 0 Å². The van der Waals surface area contributed by atoms with E-state index in [0.29, 0.717) is 12.1 Å². The van der Waals surface area contributed by atoms with Gasteiger partial charge in [0.05, 0.1) is 11.3 Å². The van der Waals surface area contributed by atoms with Crippen LogP contribution in [0, 0.1) is 0 Å². The van der Waals surface area contributed by atoms with Gasteiger partial charge in [-0.25, -0.2) is 9.59 Å². The summed E-state index contributed by atoms with van der Waals surface area (Å²) in [5.41, 5.74) is -2.39. The fourth-order valence-electron chi connectivity index (χ4n) is 1.47. The molecule has 0 saturated carbocycles. The molecular formula is C13H15F3N2O4. The molecule has 1 rings (SSSR count). The fourth-order valence-corrected chi connectivity index (χ4v) is 1.47. The van der Waals surface area contributed by atoms with Crippen molar-refractivity contribution in [3.05, 3.63) is 29.6 Å². The van der Waals surface area contributed by atoms with E-state index in [9.17, 15) is 22.8 Å². The second kappa shape index (κ2) is 6.20. The molecule has 1 aromatic rings. The Morgan fingerprint density at radius 3 is 2.36 bits per heavy atom. The Morgan fingerprint density at radius 2 is 1.91 bits per heavy atom. The molecule has 0 aromatic carbocycles. The molecule has 1 unspecified atom stereocenters. The highest BCUT2D eigenvalue weighted by Crippen LogP contribution is 2.30. The van der Waals surface area contributed by atoms with Gasteiger partial charge in [-0.1, -0.05) is 0 Å². The van der Waals surface area contributed by atoms with Crippen LogP contribution >= 0.6 is 0 Å². The predicted molar refractivity (Wildman–Crippen MR) is 69.0 cm³/mol. The maximum absolute atomic E-state index is 12.6.